The lowest BCUT2D eigenvalue weighted by atomic mass is 10.1. The van der Waals surface area contributed by atoms with Gasteiger partial charge in [-0.25, -0.2) is 0 Å². The summed E-state index contributed by atoms with van der Waals surface area (Å²) < 4.78 is 21.4. The second-order valence-electron chi connectivity index (χ2n) is 7.25. The standard InChI is InChI=1S/C26H28N2O6/c1-5-34-21-12-10-20(11-13-21)28-26(30)18-6-8-19(9-7-18)27-24(29)16-17-14-22(31-2)25(33-4)23(15-17)32-3/h6-15H,5,16H2,1-4H3,(H,27,29)(H,28,30). The molecule has 3 rings (SSSR count). The monoisotopic (exact) mass is 464 g/mol. The van der Waals surface area contributed by atoms with Crippen molar-refractivity contribution in [3.8, 4) is 23.0 Å². The van der Waals surface area contributed by atoms with Gasteiger partial charge >= 0.3 is 0 Å². The molecule has 3 aromatic carbocycles. The summed E-state index contributed by atoms with van der Waals surface area (Å²) in [7, 11) is 4.57. The lowest BCUT2D eigenvalue weighted by molar-refractivity contribution is -0.115. The minimum atomic E-state index is -0.251. The van der Waals surface area contributed by atoms with Crippen molar-refractivity contribution < 1.29 is 28.5 Å². The normalized spacial score (nSPS) is 10.2. The first-order valence-electron chi connectivity index (χ1n) is 10.7. The third-order valence-electron chi connectivity index (χ3n) is 4.94. The number of rotatable bonds is 10. The van der Waals surface area contributed by atoms with Gasteiger partial charge in [0.15, 0.2) is 11.5 Å². The van der Waals surface area contributed by atoms with Crippen molar-refractivity contribution in [2.75, 3.05) is 38.6 Å². The van der Waals surface area contributed by atoms with Crippen molar-refractivity contribution in [2.24, 2.45) is 0 Å². The van der Waals surface area contributed by atoms with Gasteiger partial charge in [-0.2, -0.15) is 0 Å². The Hall–Kier alpha value is -4.20. The van der Waals surface area contributed by atoms with Crippen molar-refractivity contribution in [3.05, 3.63) is 71.8 Å². The number of anilines is 2. The van der Waals surface area contributed by atoms with E-state index in [9.17, 15) is 9.59 Å². The van der Waals surface area contributed by atoms with E-state index in [1.807, 2.05) is 6.92 Å². The molecule has 0 aromatic heterocycles. The zero-order valence-electron chi connectivity index (χ0n) is 19.6. The highest BCUT2D eigenvalue weighted by molar-refractivity contribution is 6.04. The number of carbonyl (C=O) groups is 2. The van der Waals surface area contributed by atoms with E-state index in [-0.39, 0.29) is 18.2 Å². The molecule has 2 amide bonds. The van der Waals surface area contributed by atoms with Crippen LogP contribution >= 0.6 is 0 Å². The summed E-state index contributed by atoms with van der Waals surface area (Å²) in [6, 6.07) is 17.3. The van der Waals surface area contributed by atoms with E-state index in [1.165, 1.54) is 21.3 Å². The Bertz CT molecular complexity index is 1100. The van der Waals surface area contributed by atoms with E-state index in [0.717, 1.165) is 5.75 Å². The minimum absolute atomic E-state index is 0.108. The number of nitrogens with one attached hydrogen (secondary N) is 2. The number of methoxy groups -OCH3 is 3. The maximum absolute atomic E-state index is 12.6. The van der Waals surface area contributed by atoms with Crippen LogP contribution in [0.25, 0.3) is 0 Å². The molecule has 0 unspecified atom stereocenters. The Kier molecular flexibility index (Phi) is 8.34. The van der Waals surface area contributed by atoms with Gasteiger partial charge in [-0.1, -0.05) is 0 Å². The SMILES string of the molecule is CCOc1ccc(NC(=O)c2ccc(NC(=O)Cc3cc(OC)c(OC)c(OC)c3)cc2)cc1. The van der Waals surface area contributed by atoms with Crippen LogP contribution in [0.15, 0.2) is 60.7 Å². The molecule has 0 saturated carbocycles. The largest absolute Gasteiger partial charge is 0.494 e. The van der Waals surface area contributed by atoms with Gasteiger partial charge < -0.3 is 29.6 Å². The molecule has 0 aliphatic carbocycles. The van der Waals surface area contributed by atoms with E-state index in [4.69, 9.17) is 18.9 Å². The molecule has 0 spiro atoms. The van der Waals surface area contributed by atoms with Crippen molar-refractivity contribution >= 4 is 23.2 Å². The summed E-state index contributed by atoms with van der Waals surface area (Å²) in [6.45, 7) is 2.49. The first-order chi connectivity index (χ1) is 16.5. The molecular weight excluding hydrogens is 436 g/mol. The summed E-state index contributed by atoms with van der Waals surface area (Å²) in [4.78, 5) is 25.1. The first kappa shape index (κ1) is 24.4. The Morgan fingerprint density at radius 2 is 1.32 bits per heavy atom. The van der Waals surface area contributed by atoms with Gasteiger partial charge in [0.1, 0.15) is 5.75 Å². The lowest BCUT2D eigenvalue weighted by Crippen LogP contribution is -2.15. The van der Waals surface area contributed by atoms with Gasteiger partial charge in [0.05, 0.1) is 34.4 Å². The van der Waals surface area contributed by atoms with Crippen LogP contribution in [0, 0.1) is 0 Å². The smallest absolute Gasteiger partial charge is 0.255 e. The molecule has 0 saturated heterocycles. The molecule has 178 valence electrons. The Morgan fingerprint density at radius 1 is 0.765 bits per heavy atom. The van der Waals surface area contributed by atoms with Crippen LogP contribution in [-0.4, -0.2) is 39.8 Å². The number of hydrogen-bond donors (Lipinski definition) is 2. The minimum Gasteiger partial charge on any atom is -0.494 e. The molecule has 3 aromatic rings. The average molecular weight is 465 g/mol. The first-order valence-corrected chi connectivity index (χ1v) is 10.7. The Morgan fingerprint density at radius 3 is 1.85 bits per heavy atom. The molecule has 0 aliphatic rings. The molecule has 0 aliphatic heterocycles. The van der Waals surface area contributed by atoms with Gasteiger partial charge in [0.25, 0.3) is 5.91 Å². The zero-order chi connectivity index (χ0) is 24.5. The maximum Gasteiger partial charge on any atom is 0.255 e. The van der Waals surface area contributed by atoms with Crippen LogP contribution in [0.1, 0.15) is 22.8 Å². The van der Waals surface area contributed by atoms with Crippen LogP contribution in [0.5, 0.6) is 23.0 Å². The molecule has 0 fully saturated rings. The second-order valence-corrected chi connectivity index (χ2v) is 7.25. The van der Waals surface area contributed by atoms with Crippen LogP contribution in [0.4, 0.5) is 11.4 Å². The predicted molar refractivity (Wildman–Crippen MR) is 130 cm³/mol. The van der Waals surface area contributed by atoms with Crippen molar-refractivity contribution in [1.29, 1.82) is 0 Å². The highest BCUT2D eigenvalue weighted by Crippen LogP contribution is 2.38. The van der Waals surface area contributed by atoms with Gasteiger partial charge in [-0.15, -0.1) is 0 Å². The fourth-order valence-corrected chi connectivity index (χ4v) is 3.34. The van der Waals surface area contributed by atoms with E-state index in [0.29, 0.717) is 46.4 Å². The molecule has 8 nitrogen and oxygen atoms in total. The van der Waals surface area contributed by atoms with E-state index < -0.39 is 0 Å². The van der Waals surface area contributed by atoms with E-state index >= 15 is 0 Å². The van der Waals surface area contributed by atoms with E-state index in [2.05, 4.69) is 10.6 Å². The number of benzene rings is 3. The molecule has 2 N–H and O–H groups in total. The number of ether oxygens (including phenoxy) is 4. The summed E-state index contributed by atoms with van der Waals surface area (Å²) in [6.07, 6.45) is 0.108. The predicted octanol–water partition coefficient (Wildman–Crippen LogP) is 4.54. The molecule has 0 heterocycles. The van der Waals surface area contributed by atoms with Crippen molar-refractivity contribution in [3.63, 3.8) is 0 Å². The lowest BCUT2D eigenvalue weighted by Gasteiger charge is -2.14. The second kappa shape index (κ2) is 11.6. The van der Waals surface area contributed by atoms with Crippen LogP contribution in [0.2, 0.25) is 0 Å². The highest BCUT2D eigenvalue weighted by Gasteiger charge is 2.15. The fraction of sp³-hybridized carbons (Fsp3) is 0.231. The molecule has 0 atom stereocenters. The van der Waals surface area contributed by atoms with E-state index in [1.54, 1.807) is 60.7 Å². The number of amides is 2. The Balaban J connectivity index is 1.61. The summed E-state index contributed by atoms with van der Waals surface area (Å²) in [5.74, 6) is 1.70. The quantitative estimate of drug-likeness (QED) is 0.457. The van der Waals surface area contributed by atoms with Gasteiger partial charge in [0.2, 0.25) is 11.7 Å². The molecule has 0 bridgehead atoms. The van der Waals surface area contributed by atoms with Crippen LogP contribution < -0.4 is 29.6 Å². The molecule has 34 heavy (non-hydrogen) atoms. The number of carbonyl (C=O) groups excluding carboxylic acids is 2. The Labute approximate surface area is 198 Å². The average Bonchev–Trinajstić information content (AvgIpc) is 2.85. The zero-order valence-corrected chi connectivity index (χ0v) is 19.6. The maximum atomic E-state index is 12.6. The third-order valence-corrected chi connectivity index (χ3v) is 4.94. The van der Waals surface area contributed by atoms with Gasteiger partial charge in [-0.3, -0.25) is 9.59 Å². The van der Waals surface area contributed by atoms with Gasteiger partial charge in [-0.05, 0) is 73.2 Å². The number of hydrogen-bond acceptors (Lipinski definition) is 6. The summed E-state index contributed by atoms with van der Waals surface area (Å²) >= 11 is 0. The topological polar surface area (TPSA) is 95.1 Å². The highest BCUT2D eigenvalue weighted by atomic mass is 16.5. The van der Waals surface area contributed by atoms with Gasteiger partial charge in [0, 0.05) is 16.9 Å². The summed E-state index contributed by atoms with van der Waals surface area (Å²) in [5.41, 5.74) is 2.42. The summed E-state index contributed by atoms with van der Waals surface area (Å²) in [5, 5.41) is 5.67. The van der Waals surface area contributed by atoms with Crippen LogP contribution in [0.3, 0.4) is 0 Å². The van der Waals surface area contributed by atoms with Crippen LogP contribution in [-0.2, 0) is 11.2 Å². The van der Waals surface area contributed by atoms with Crippen molar-refractivity contribution in [1.82, 2.24) is 0 Å². The molecular formula is C26H28N2O6. The van der Waals surface area contributed by atoms with Crippen molar-refractivity contribution in [2.45, 2.75) is 13.3 Å². The third kappa shape index (κ3) is 6.19. The fourth-order valence-electron chi connectivity index (χ4n) is 3.34. The molecule has 0 radical (unpaired) electrons. The molecule has 8 heteroatoms.